The normalized spacial score (nSPS) is 10.5. The maximum atomic E-state index is 12.2. The summed E-state index contributed by atoms with van der Waals surface area (Å²) in [5.74, 6) is -0.378. The first-order valence-corrected chi connectivity index (χ1v) is 9.04. The summed E-state index contributed by atoms with van der Waals surface area (Å²) < 4.78 is 5.36. The molecule has 0 aliphatic heterocycles. The molecule has 23 heavy (non-hydrogen) atoms. The number of thioether (sulfide) groups is 1. The fourth-order valence-electron chi connectivity index (χ4n) is 2.01. The second kappa shape index (κ2) is 7.39. The number of carbonyl (C=O) groups is 1. The van der Waals surface area contributed by atoms with Gasteiger partial charge in [0.1, 0.15) is 16.6 Å². The predicted molar refractivity (Wildman–Crippen MR) is 92.7 cm³/mol. The number of nitrogens with zero attached hydrogens (tertiary/aromatic N) is 2. The number of rotatable bonds is 5. The highest BCUT2D eigenvalue weighted by molar-refractivity contribution is 7.98. The van der Waals surface area contributed by atoms with Crippen LogP contribution in [0, 0.1) is 0 Å². The van der Waals surface area contributed by atoms with Crippen molar-refractivity contribution in [2.75, 3.05) is 6.26 Å². The Labute approximate surface area is 142 Å². The van der Waals surface area contributed by atoms with Gasteiger partial charge in [-0.1, -0.05) is 30.3 Å². The predicted octanol–water partition coefficient (Wildman–Crippen LogP) is 4.28. The van der Waals surface area contributed by atoms with Crippen molar-refractivity contribution in [3.63, 3.8) is 0 Å². The maximum Gasteiger partial charge on any atom is 0.341 e. The first-order valence-electron chi connectivity index (χ1n) is 6.94. The van der Waals surface area contributed by atoms with Crippen molar-refractivity contribution in [1.82, 2.24) is 9.97 Å². The minimum Gasteiger partial charge on any atom is -0.455 e. The number of pyridine rings is 1. The van der Waals surface area contributed by atoms with E-state index in [1.807, 2.05) is 42.0 Å². The van der Waals surface area contributed by atoms with Crippen molar-refractivity contribution < 1.29 is 9.53 Å². The van der Waals surface area contributed by atoms with Crippen LogP contribution in [0.5, 0.6) is 0 Å². The minimum atomic E-state index is -0.378. The average Bonchev–Trinajstić information content (AvgIpc) is 3.09. The van der Waals surface area contributed by atoms with Crippen molar-refractivity contribution >= 4 is 29.1 Å². The Hall–Kier alpha value is -2.18. The molecule has 0 aliphatic rings. The summed E-state index contributed by atoms with van der Waals surface area (Å²) in [6.07, 6.45) is 3.54. The summed E-state index contributed by atoms with van der Waals surface area (Å²) in [5, 5.41) is 3.50. The lowest BCUT2D eigenvalue weighted by atomic mass is 10.2. The van der Waals surface area contributed by atoms with Gasteiger partial charge in [0.2, 0.25) is 0 Å². The Kier molecular flexibility index (Phi) is 5.05. The van der Waals surface area contributed by atoms with Gasteiger partial charge >= 0.3 is 5.97 Å². The third kappa shape index (κ3) is 3.78. The molecule has 0 atom stereocenters. The van der Waals surface area contributed by atoms with E-state index in [1.54, 1.807) is 18.3 Å². The first-order chi connectivity index (χ1) is 11.3. The van der Waals surface area contributed by atoms with Crippen molar-refractivity contribution in [1.29, 1.82) is 0 Å². The number of aromatic nitrogens is 2. The van der Waals surface area contributed by atoms with Crippen molar-refractivity contribution in [2.45, 2.75) is 11.6 Å². The molecule has 0 N–H and O–H groups in total. The quantitative estimate of drug-likeness (QED) is 0.511. The molecule has 3 rings (SSSR count). The number of hydrogen-bond acceptors (Lipinski definition) is 6. The Morgan fingerprint density at radius 1 is 1.22 bits per heavy atom. The average molecular weight is 342 g/mol. The van der Waals surface area contributed by atoms with Gasteiger partial charge in [0.15, 0.2) is 0 Å². The third-order valence-electron chi connectivity index (χ3n) is 3.11. The highest BCUT2D eigenvalue weighted by atomic mass is 32.2. The first kappa shape index (κ1) is 15.7. The molecule has 0 bridgehead atoms. The Bertz CT molecular complexity index is 803. The van der Waals surface area contributed by atoms with Crippen molar-refractivity contribution in [2.24, 2.45) is 0 Å². The van der Waals surface area contributed by atoms with Gasteiger partial charge in [-0.3, -0.25) is 0 Å². The van der Waals surface area contributed by atoms with E-state index in [-0.39, 0.29) is 12.6 Å². The van der Waals surface area contributed by atoms with E-state index in [1.165, 1.54) is 23.1 Å². The molecule has 0 unspecified atom stereocenters. The molecular formula is C17H14N2O2S2. The Balaban J connectivity index is 1.67. The van der Waals surface area contributed by atoms with E-state index in [0.29, 0.717) is 10.6 Å². The summed E-state index contributed by atoms with van der Waals surface area (Å²) in [6, 6.07) is 13.4. The monoisotopic (exact) mass is 342 g/mol. The lowest BCUT2D eigenvalue weighted by Crippen LogP contribution is -2.07. The standard InChI is InChI=1S/C17H14N2O2S2/c1-22-16-14(8-5-9-18-16)17(20)21-10-13-11-23-15(19-13)12-6-3-2-4-7-12/h2-9,11H,10H2,1H3. The van der Waals surface area contributed by atoms with E-state index in [4.69, 9.17) is 4.74 Å². The fraction of sp³-hybridized carbons (Fsp3) is 0.118. The molecule has 0 fully saturated rings. The van der Waals surface area contributed by atoms with Gasteiger partial charge in [-0.2, -0.15) is 0 Å². The largest absolute Gasteiger partial charge is 0.455 e. The zero-order chi connectivity index (χ0) is 16.1. The molecule has 0 aliphatic carbocycles. The van der Waals surface area contributed by atoms with Crippen LogP contribution in [0.3, 0.4) is 0 Å². The van der Waals surface area contributed by atoms with Crippen LogP contribution in [0.15, 0.2) is 59.1 Å². The fourth-order valence-corrected chi connectivity index (χ4v) is 3.36. The highest BCUT2D eigenvalue weighted by Crippen LogP contribution is 2.24. The summed E-state index contributed by atoms with van der Waals surface area (Å²) in [5.41, 5.74) is 2.29. The van der Waals surface area contributed by atoms with Crippen LogP contribution in [0.4, 0.5) is 0 Å². The van der Waals surface area contributed by atoms with Crippen LogP contribution in [-0.2, 0) is 11.3 Å². The minimum absolute atomic E-state index is 0.158. The van der Waals surface area contributed by atoms with Gasteiger partial charge in [-0.25, -0.2) is 14.8 Å². The molecule has 4 nitrogen and oxygen atoms in total. The van der Waals surface area contributed by atoms with Crippen LogP contribution >= 0.6 is 23.1 Å². The topological polar surface area (TPSA) is 52.1 Å². The van der Waals surface area contributed by atoms with Crippen LogP contribution in [0.1, 0.15) is 16.1 Å². The Morgan fingerprint density at radius 2 is 2.04 bits per heavy atom. The van der Waals surface area contributed by atoms with Crippen LogP contribution in [-0.4, -0.2) is 22.2 Å². The maximum absolute atomic E-state index is 12.2. The number of benzene rings is 1. The molecule has 2 heterocycles. The Morgan fingerprint density at radius 3 is 2.83 bits per heavy atom. The van der Waals surface area contributed by atoms with Gasteiger partial charge in [-0.15, -0.1) is 23.1 Å². The third-order valence-corrected chi connectivity index (χ3v) is 4.76. The van der Waals surface area contributed by atoms with Gasteiger partial charge < -0.3 is 4.74 Å². The summed E-state index contributed by atoms with van der Waals surface area (Å²) in [7, 11) is 0. The van der Waals surface area contributed by atoms with Crippen LogP contribution in [0.25, 0.3) is 10.6 Å². The molecule has 0 amide bonds. The second-order valence-electron chi connectivity index (χ2n) is 4.65. The number of esters is 1. The smallest absolute Gasteiger partial charge is 0.341 e. The summed E-state index contributed by atoms with van der Waals surface area (Å²) in [6.45, 7) is 0.158. The SMILES string of the molecule is CSc1ncccc1C(=O)OCc1csc(-c2ccccc2)n1. The molecule has 1 aromatic carbocycles. The van der Waals surface area contributed by atoms with E-state index in [9.17, 15) is 4.79 Å². The van der Waals surface area contributed by atoms with E-state index < -0.39 is 0 Å². The number of ether oxygens (including phenoxy) is 1. The lowest BCUT2D eigenvalue weighted by Gasteiger charge is -2.05. The molecule has 0 spiro atoms. The molecule has 0 saturated heterocycles. The van der Waals surface area contributed by atoms with Gasteiger partial charge in [0.25, 0.3) is 0 Å². The number of carbonyl (C=O) groups excluding carboxylic acids is 1. The molecule has 3 aromatic rings. The molecule has 0 saturated carbocycles. The van der Waals surface area contributed by atoms with Crippen LogP contribution in [0.2, 0.25) is 0 Å². The number of thiazole rings is 1. The zero-order valence-corrected chi connectivity index (χ0v) is 14.1. The van der Waals surface area contributed by atoms with Crippen molar-refractivity contribution in [3.05, 3.63) is 65.3 Å². The van der Waals surface area contributed by atoms with Gasteiger partial charge in [0.05, 0.1) is 11.3 Å². The molecule has 116 valence electrons. The van der Waals surface area contributed by atoms with Gasteiger partial charge in [0, 0.05) is 17.1 Å². The van der Waals surface area contributed by atoms with Gasteiger partial charge in [-0.05, 0) is 18.4 Å². The van der Waals surface area contributed by atoms with Crippen LogP contribution < -0.4 is 0 Å². The van der Waals surface area contributed by atoms with E-state index in [2.05, 4.69) is 9.97 Å². The number of hydrogen-bond donors (Lipinski definition) is 0. The summed E-state index contributed by atoms with van der Waals surface area (Å²) >= 11 is 2.96. The molecule has 2 aromatic heterocycles. The second-order valence-corrected chi connectivity index (χ2v) is 6.30. The molecule has 6 heteroatoms. The molecule has 0 radical (unpaired) electrons. The summed E-state index contributed by atoms with van der Waals surface area (Å²) in [4.78, 5) is 20.8. The van der Waals surface area contributed by atoms with E-state index >= 15 is 0 Å². The van der Waals surface area contributed by atoms with E-state index in [0.717, 1.165) is 16.3 Å². The molecular weight excluding hydrogens is 328 g/mol. The highest BCUT2D eigenvalue weighted by Gasteiger charge is 2.14. The lowest BCUT2D eigenvalue weighted by molar-refractivity contribution is 0.0463. The van der Waals surface area contributed by atoms with Crippen molar-refractivity contribution in [3.8, 4) is 10.6 Å². The zero-order valence-electron chi connectivity index (χ0n) is 12.4.